The second kappa shape index (κ2) is 11.2. The van der Waals surface area contributed by atoms with Crippen molar-refractivity contribution in [2.75, 3.05) is 19.0 Å². The van der Waals surface area contributed by atoms with E-state index in [4.69, 9.17) is 14.3 Å². The fourth-order valence-corrected chi connectivity index (χ4v) is 2.59. The molecule has 0 rings (SSSR count). The maximum Gasteiger partial charge on any atom is 0.469 e. The first-order valence-corrected chi connectivity index (χ1v) is 10.1. The molecule has 0 saturated carbocycles. The molecule has 0 aromatic heterocycles. The molecule has 11 nitrogen and oxygen atoms in total. The van der Waals surface area contributed by atoms with Crippen LogP contribution < -0.4 is 5.32 Å². The van der Waals surface area contributed by atoms with Crippen LogP contribution in [0.4, 0.5) is 0 Å². The summed E-state index contributed by atoms with van der Waals surface area (Å²) in [6.07, 6.45) is 1.03. The molecule has 0 aromatic rings. The topological polar surface area (TPSA) is 177 Å². The zero-order chi connectivity index (χ0) is 21.2. The SMILES string of the molecule is C=C(C)C(=O)OCCOP(=O)(O)O.C=CC(=O)NC(C)(C)CS(=O)(=O)O. The van der Waals surface area contributed by atoms with E-state index in [1.807, 2.05) is 0 Å². The second-order valence-electron chi connectivity index (χ2n) is 5.54. The van der Waals surface area contributed by atoms with Gasteiger partial charge in [0.15, 0.2) is 0 Å². The van der Waals surface area contributed by atoms with E-state index in [-0.39, 0.29) is 18.8 Å². The van der Waals surface area contributed by atoms with E-state index < -0.39 is 41.1 Å². The lowest BCUT2D eigenvalue weighted by Gasteiger charge is -2.23. The summed E-state index contributed by atoms with van der Waals surface area (Å²) in [5, 5.41) is 2.37. The number of esters is 1. The summed E-state index contributed by atoms with van der Waals surface area (Å²) in [5.74, 6) is -1.62. The Hall–Kier alpha value is -1.56. The minimum Gasteiger partial charge on any atom is -0.460 e. The van der Waals surface area contributed by atoms with Crippen molar-refractivity contribution in [3.05, 3.63) is 24.8 Å². The Balaban J connectivity index is 0. The third-order valence-electron chi connectivity index (χ3n) is 2.11. The lowest BCUT2D eigenvalue weighted by Crippen LogP contribution is -2.47. The van der Waals surface area contributed by atoms with Crippen LogP contribution in [-0.2, 0) is 33.5 Å². The van der Waals surface area contributed by atoms with Crippen molar-refractivity contribution in [1.29, 1.82) is 0 Å². The number of hydrogen-bond acceptors (Lipinski definition) is 7. The van der Waals surface area contributed by atoms with E-state index in [2.05, 4.69) is 27.7 Å². The average molecular weight is 417 g/mol. The summed E-state index contributed by atoms with van der Waals surface area (Å²) in [7, 11) is -8.55. The summed E-state index contributed by atoms with van der Waals surface area (Å²) >= 11 is 0. The number of nitrogens with one attached hydrogen (secondary N) is 1. The van der Waals surface area contributed by atoms with Gasteiger partial charge < -0.3 is 19.8 Å². The van der Waals surface area contributed by atoms with Crippen molar-refractivity contribution in [3.63, 3.8) is 0 Å². The Morgan fingerprint density at radius 3 is 2.12 bits per heavy atom. The lowest BCUT2D eigenvalue weighted by atomic mass is 10.1. The number of carbonyl (C=O) groups is 2. The van der Waals surface area contributed by atoms with Crippen LogP contribution in [-0.4, -0.2) is 59.1 Å². The maximum atomic E-state index is 10.8. The summed E-state index contributed by atoms with van der Waals surface area (Å²) in [6.45, 7) is 10.4. The molecular weight excluding hydrogens is 393 g/mol. The minimum atomic E-state index is -4.46. The van der Waals surface area contributed by atoms with Crippen LogP contribution in [0.3, 0.4) is 0 Å². The molecule has 152 valence electrons. The Kier molecular flexibility index (Phi) is 11.5. The van der Waals surface area contributed by atoms with Gasteiger partial charge in [0, 0.05) is 5.57 Å². The number of hydrogen-bond donors (Lipinski definition) is 4. The first-order valence-electron chi connectivity index (χ1n) is 6.91. The summed E-state index contributed by atoms with van der Waals surface area (Å²) < 4.78 is 48.2. The highest BCUT2D eigenvalue weighted by Crippen LogP contribution is 2.35. The number of carbonyl (C=O) groups excluding carboxylic acids is 2. The fraction of sp³-hybridized carbons (Fsp3) is 0.538. The quantitative estimate of drug-likeness (QED) is 0.133. The number of phosphoric acid groups is 1. The van der Waals surface area contributed by atoms with Crippen LogP contribution >= 0.6 is 7.82 Å². The molecule has 0 radical (unpaired) electrons. The monoisotopic (exact) mass is 417 g/mol. The molecule has 0 aromatic carbocycles. The number of phosphoric ester groups is 1. The third kappa shape index (κ3) is 18.8. The van der Waals surface area contributed by atoms with E-state index in [9.17, 15) is 22.6 Å². The molecule has 0 unspecified atom stereocenters. The Labute approximate surface area is 152 Å². The zero-order valence-electron chi connectivity index (χ0n) is 14.7. The van der Waals surface area contributed by atoms with Crippen LogP contribution in [0.2, 0.25) is 0 Å². The van der Waals surface area contributed by atoms with E-state index in [1.165, 1.54) is 20.8 Å². The molecule has 0 aliphatic carbocycles. The van der Waals surface area contributed by atoms with Crippen molar-refractivity contribution in [2.24, 2.45) is 0 Å². The molecule has 4 N–H and O–H groups in total. The van der Waals surface area contributed by atoms with Gasteiger partial charge in [0.05, 0.1) is 17.9 Å². The summed E-state index contributed by atoms with van der Waals surface area (Å²) in [5.41, 5.74) is -0.782. The Morgan fingerprint density at radius 1 is 1.27 bits per heavy atom. The minimum absolute atomic E-state index is 0.212. The van der Waals surface area contributed by atoms with Crippen molar-refractivity contribution in [2.45, 2.75) is 26.3 Å². The molecule has 0 aliphatic rings. The molecule has 0 atom stereocenters. The third-order valence-corrected chi connectivity index (χ3v) is 3.72. The number of amides is 1. The van der Waals surface area contributed by atoms with E-state index in [1.54, 1.807) is 0 Å². The van der Waals surface area contributed by atoms with Gasteiger partial charge in [-0.2, -0.15) is 8.42 Å². The highest BCUT2D eigenvalue weighted by atomic mass is 32.2. The van der Waals surface area contributed by atoms with Gasteiger partial charge in [0.2, 0.25) is 5.91 Å². The van der Waals surface area contributed by atoms with Crippen LogP contribution in [0, 0.1) is 0 Å². The van der Waals surface area contributed by atoms with Gasteiger partial charge >= 0.3 is 13.8 Å². The molecular formula is C13H24NO10PS. The van der Waals surface area contributed by atoms with Crippen LogP contribution in [0.25, 0.3) is 0 Å². The lowest BCUT2D eigenvalue weighted by molar-refractivity contribution is -0.139. The van der Waals surface area contributed by atoms with E-state index >= 15 is 0 Å². The Morgan fingerprint density at radius 2 is 1.77 bits per heavy atom. The van der Waals surface area contributed by atoms with Crippen LogP contribution in [0.1, 0.15) is 20.8 Å². The van der Waals surface area contributed by atoms with Crippen LogP contribution in [0.5, 0.6) is 0 Å². The van der Waals surface area contributed by atoms with Crippen molar-refractivity contribution in [1.82, 2.24) is 5.32 Å². The van der Waals surface area contributed by atoms with Gasteiger partial charge in [-0.05, 0) is 26.8 Å². The normalized spacial score (nSPS) is 11.6. The molecule has 26 heavy (non-hydrogen) atoms. The average Bonchev–Trinajstić information content (AvgIpc) is 2.39. The number of ether oxygens (including phenoxy) is 1. The molecule has 0 spiro atoms. The maximum absolute atomic E-state index is 10.8. The standard InChI is InChI=1S/C7H13NO4S.C6H11O6P/c1-4-6(9)8-7(2,3)5-13(10,11)12;1-5(2)6(7)11-3-4-12-13(8,9)10/h4H,1,5H2,2-3H3,(H,8,9)(H,10,11,12);1,3-4H2,2H3,(H2,8,9,10). The van der Waals surface area contributed by atoms with Gasteiger partial charge in [-0.1, -0.05) is 13.2 Å². The summed E-state index contributed by atoms with van der Waals surface area (Å²) in [4.78, 5) is 37.9. The van der Waals surface area contributed by atoms with Crippen molar-refractivity contribution < 1.29 is 46.2 Å². The van der Waals surface area contributed by atoms with E-state index in [0.717, 1.165) is 6.08 Å². The fourth-order valence-electron chi connectivity index (χ4n) is 1.29. The number of rotatable bonds is 9. The Bertz CT molecular complexity index is 664. The molecule has 0 heterocycles. The van der Waals surface area contributed by atoms with Gasteiger partial charge in [0.1, 0.15) is 6.61 Å². The van der Waals surface area contributed by atoms with Gasteiger partial charge in [-0.15, -0.1) is 0 Å². The van der Waals surface area contributed by atoms with Gasteiger partial charge in [-0.3, -0.25) is 13.9 Å². The molecule has 1 amide bonds. The zero-order valence-corrected chi connectivity index (χ0v) is 16.4. The van der Waals surface area contributed by atoms with Gasteiger partial charge in [-0.25, -0.2) is 9.36 Å². The molecule has 0 bridgehead atoms. The predicted octanol–water partition coefficient (Wildman–Crippen LogP) is 0.170. The molecule has 0 aliphatic heterocycles. The predicted molar refractivity (Wildman–Crippen MR) is 92.6 cm³/mol. The van der Waals surface area contributed by atoms with Gasteiger partial charge in [0.25, 0.3) is 10.1 Å². The highest BCUT2D eigenvalue weighted by molar-refractivity contribution is 7.85. The smallest absolute Gasteiger partial charge is 0.460 e. The van der Waals surface area contributed by atoms with E-state index in [0.29, 0.717) is 0 Å². The molecule has 13 heteroatoms. The summed E-state index contributed by atoms with van der Waals surface area (Å²) in [6, 6.07) is 0. The first kappa shape index (κ1) is 26.7. The second-order valence-corrected chi connectivity index (χ2v) is 8.24. The highest BCUT2D eigenvalue weighted by Gasteiger charge is 2.25. The van der Waals surface area contributed by atoms with Crippen molar-refractivity contribution in [3.8, 4) is 0 Å². The van der Waals surface area contributed by atoms with Crippen molar-refractivity contribution >= 4 is 29.8 Å². The van der Waals surface area contributed by atoms with Crippen LogP contribution in [0.15, 0.2) is 24.8 Å². The molecule has 0 saturated heterocycles. The largest absolute Gasteiger partial charge is 0.469 e. The molecule has 0 fully saturated rings. The first-order chi connectivity index (χ1) is 11.5.